The van der Waals surface area contributed by atoms with Gasteiger partial charge >= 0.3 is 0 Å². The number of thioether (sulfide) groups is 1. The number of benzene rings is 2. The van der Waals surface area contributed by atoms with E-state index in [9.17, 15) is 9.59 Å². The fourth-order valence-corrected chi connectivity index (χ4v) is 5.40. The topological polar surface area (TPSA) is 49.9 Å². The Labute approximate surface area is 169 Å². The summed E-state index contributed by atoms with van der Waals surface area (Å²) in [5.41, 5.74) is 2.66. The van der Waals surface area contributed by atoms with Gasteiger partial charge in [0.25, 0.3) is 5.91 Å². The number of hydrogen-bond acceptors (Lipinski definition) is 4. The monoisotopic (exact) mass is 396 g/mol. The van der Waals surface area contributed by atoms with Gasteiger partial charge in [-0.1, -0.05) is 18.2 Å². The molecule has 146 valence electrons. The molecule has 2 fully saturated rings. The minimum Gasteiger partial charge on any atom is -0.497 e. The van der Waals surface area contributed by atoms with Crippen molar-refractivity contribution in [2.75, 3.05) is 30.9 Å². The Kier molecular flexibility index (Phi) is 5.06. The van der Waals surface area contributed by atoms with Crippen LogP contribution in [0.25, 0.3) is 0 Å². The fourth-order valence-electron chi connectivity index (χ4n) is 4.07. The molecule has 0 saturated carbocycles. The summed E-state index contributed by atoms with van der Waals surface area (Å²) in [5, 5.41) is 0. The van der Waals surface area contributed by atoms with Gasteiger partial charge in [0, 0.05) is 24.3 Å². The highest BCUT2D eigenvalue weighted by atomic mass is 32.2. The molecular formula is C22H24N2O3S. The van der Waals surface area contributed by atoms with Crippen LogP contribution in [0.3, 0.4) is 0 Å². The van der Waals surface area contributed by atoms with E-state index in [4.69, 9.17) is 4.74 Å². The predicted octanol–water partition coefficient (Wildman–Crippen LogP) is 3.72. The molecule has 0 atom stereocenters. The number of anilines is 1. The molecular weight excluding hydrogens is 372 g/mol. The Balaban J connectivity index is 1.52. The van der Waals surface area contributed by atoms with E-state index in [1.165, 1.54) is 0 Å². The van der Waals surface area contributed by atoms with Crippen LogP contribution in [-0.4, -0.2) is 47.5 Å². The number of likely N-dealkylation sites (tertiary alicyclic amines) is 1. The zero-order valence-corrected chi connectivity index (χ0v) is 17.0. The second-order valence-electron chi connectivity index (χ2n) is 7.27. The van der Waals surface area contributed by atoms with Crippen molar-refractivity contribution in [1.29, 1.82) is 0 Å². The molecule has 2 aliphatic rings. The Hall–Kier alpha value is -2.47. The first kappa shape index (κ1) is 18.9. The molecule has 0 aliphatic carbocycles. The average Bonchev–Trinajstić information content (AvgIpc) is 3.04. The minimum absolute atomic E-state index is 0.0817. The average molecular weight is 397 g/mol. The molecule has 0 unspecified atom stereocenters. The van der Waals surface area contributed by atoms with Crippen LogP contribution >= 0.6 is 11.8 Å². The van der Waals surface area contributed by atoms with Crippen molar-refractivity contribution >= 4 is 29.3 Å². The van der Waals surface area contributed by atoms with E-state index in [1.807, 2.05) is 65.3 Å². The summed E-state index contributed by atoms with van der Waals surface area (Å²) in [6, 6.07) is 15.4. The normalized spacial score (nSPS) is 18.6. The summed E-state index contributed by atoms with van der Waals surface area (Å²) in [7, 11) is 1.63. The Morgan fingerprint density at radius 2 is 1.75 bits per heavy atom. The second kappa shape index (κ2) is 7.51. The summed E-state index contributed by atoms with van der Waals surface area (Å²) in [6.45, 7) is 3.27. The van der Waals surface area contributed by atoms with Crippen molar-refractivity contribution < 1.29 is 14.3 Å². The Morgan fingerprint density at radius 1 is 1.07 bits per heavy atom. The molecule has 2 saturated heterocycles. The molecule has 2 aliphatic heterocycles. The third-order valence-corrected chi connectivity index (χ3v) is 7.18. The maximum atomic E-state index is 12.9. The van der Waals surface area contributed by atoms with Gasteiger partial charge in [-0.05, 0) is 55.7 Å². The second-order valence-corrected chi connectivity index (χ2v) is 8.61. The van der Waals surface area contributed by atoms with Crippen molar-refractivity contribution in [1.82, 2.24) is 4.90 Å². The predicted molar refractivity (Wildman–Crippen MR) is 112 cm³/mol. The molecule has 0 bridgehead atoms. The van der Waals surface area contributed by atoms with Gasteiger partial charge in [0.15, 0.2) is 0 Å². The fraction of sp³-hybridized carbons (Fsp3) is 0.364. The first-order valence-corrected chi connectivity index (χ1v) is 10.5. The highest BCUT2D eigenvalue weighted by Gasteiger charge is 2.49. The van der Waals surface area contributed by atoms with Gasteiger partial charge in [0.1, 0.15) is 5.75 Å². The summed E-state index contributed by atoms with van der Waals surface area (Å²) in [5.74, 6) is 1.47. The van der Waals surface area contributed by atoms with Crippen molar-refractivity contribution in [2.45, 2.75) is 24.6 Å². The lowest BCUT2D eigenvalue weighted by Gasteiger charge is -2.44. The number of nitrogens with zero attached hydrogens (tertiary/aromatic N) is 2. The van der Waals surface area contributed by atoms with Gasteiger partial charge in [0.05, 0.1) is 17.7 Å². The number of carbonyl (C=O) groups excluding carboxylic acids is 2. The third kappa shape index (κ3) is 3.26. The summed E-state index contributed by atoms with van der Waals surface area (Å²) in [6.07, 6.45) is 1.54. The molecule has 2 aromatic carbocycles. The van der Waals surface area contributed by atoms with Crippen LogP contribution in [0.5, 0.6) is 5.75 Å². The maximum absolute atomic E-state index is 12.9. The molecule has 1 spiro atoms. The van der Waals surface area contributed by atoms with Crippen LogP contribution in [0.1, 0.15) is 28.8 Å². The molecule has 2 aromatic rings. The molecule has 2 amide bonds. The van der Waals surface area contributed by atoms with Crippen molar-refractivity contribution in [3.05, 3.63) is 59.7 Å². The van der Waals surface area contributed by atoms with Gasteiger partial charge in [0.2, 0.25) is 5.91 Å². The van der Waals surface area contributed by atoms with Crippen LogP contribution in [0.15, 0.2) is 48.5 Å². The highest BCUT2D eigenvalue weighted by molar-refractivity contribution is 8.02. The summed E-state index contributed by atoms with van der Waals surface area (Å²) in [4.78, 5) is 29.2. The summed E-state index contributed by atoms with van der Waals surface area (Å²) < 4.78 is 5.23. The molecule has 28 heavy (non-hydrogen) atoms. The lowest BCUT2D eigenvalue weighted by atomic mass is 9.99. The van der Waals surface area contributed by atoms with Crippen molar-refractivity contribution in [2.24, 2.45) is 0 Å². The Morgan fingerprint density at radius 3 is 2.39 bits per heavy atom. The van der Waals surface area contributed by atoms with Crippen LogP contribution in [0.2, 0.25) is 0 Å². The smallest absolute Gasteiger partial charge is 0.254 e. The van der Waals surface area contributed by atoms with E-state index in [2.05, 4.69) is 0 Å². The molecule has 0 N–H and O–H groups in total. The lowest BCUT2D eigenvalue weighted by molar-refractivity contribution is -0.116. The molecule has 2 heterocycles. The zero-order chi connectivity index (χ0) is 19.7. The van der Waals surface area contributed by atoms with E-state index >= 15 is 0 Å². The molecule has 0 aromatic heterocycles. The van der Waals surface area contributed by atoms with E-state index in [0.717, 1.165) is 35.4 Å². The van der Waals surface area contributed by atoms with E-state index < -0.39 is 0 Å². The number of aryl methyl sites for hydroxylation is 1. The van der Waals surface area contributed by atoms with Gasteiger partial charge in [-0.2, -0.15) is 0 Å². The number of ether oxygens (including phenoxy) is 1. The number of piperidine rings is 1. The van der Waals surface area contributed by atoms with Crippen LogP contribution in [0.4, 0.5) is 5.69 Å². The molecule has 4 rings (SSSR count). The first-order chi connectivity index (χ1) is 13.5. The van der Waals surface area contributed by atoms with Crippen molar-refractivity contribution in [3.8, 4) is 5.75 Å². The van der Waals surface area contributed by atoms with Gasteiger partial charge in [-0.15, -0.1) is 11.8 Å². The van der Waals surface area contributed by atoms with E-state index in [-0.39, 0.29) is 16.7 Å². The maximum Gasteiger partial charge on any atom is 0.254 e. The zero-order valence-electron chi connectivity index (χ0n) is 16.2. The number of methoxy groups -OCH3 is 1. The number of amides is 2. The number of carbonyl (C=O) groups is 2. The standard InChI is InChI=1S/C22H24N2O3S/c1-16-5-3-4-6-19(16)21(26)23-13-11-22(12-14-23)24(20(25)15-28-22)17-7-9-18(27-2)10-8-17/h3-10H,11-15H2,1-2H3. The van der Waals surface area contributed by atoms with E-state index in [0.29, 0.717) is 18.8 Å². The van der Waals surface area contributed by atoms with Crippen LogP contribution in [-0.2, 0) is 4.79 Å². The first-order valence-electron chi connectivity index (χ1n) is 9.50. The largest absolute Gasteiger partial charge is 0.497 e. The van der Waals surface area contributed by atoms with Crippen LogP contribution in [0, 0.1) is 6.92 Å². The van der Waals surface area contributed by atoms with Crippen LogP contribution < -0.4 is 9.64 Å². The van der Waals surface area contributed by atoms with Crippen molar-refractivity contribution in [3.63, 3.8) is 0 Å². The summed E-state index contributed by atoms with van der Waals surface area (Å²) >= 11 is 1.71. The lowest BCUT2D eigenvalue weighted by Crippen LogP contribution is -2.53. The third-order valence-electron chi connectivity index (χ3n) is 5.66. The molecule has 0 radical (unpaired) electrons. The molecule has 6 heteroatoms. The Bertz CT molecular complexity index is 889. The SMILES string of the molecule is COc1ccc(N2C(=O)CSC23CCN(C(=O)c2ccccc2C)CC3)cc1. The number of hydrogen-bond donors (Lipinski definition) is 0. The molecule has 5 nitrogen and oxygen atoms in total. The van der Waals surface area contributed by atoms with Gasteiger partial charge in [-0.25, -0.2) is 0 Å². The number of rotatable bonds is 3. The highest BCUT2D eigenvalue weighted by Crippen LogP contribution is 2.47. The van der Waals surface area contributed by atoms with E-state index in [1.54, 1.807) is 18.9 Å². The van der Waals surface area contributed by atoms with Gasteiger partial charge < -0.3 is 9.64 Å². The van der Waals surface area contributed by atoms with Gasteiger partial charge in [-0.3, -0.25) is 14.5 Å². The minimum atomic E-state index is -0.270. The quantitative estimate of drug-likeness (QED) is 0.794.